The predicted molar refractivity (Wildman–Crippen MR) is 302 cm³/mol. The minimum absolute atomic E-state index is 0.0919. The molecule has 1 aliphatic carbocycles. The third-order valence-corrected chi connectivity index (χ3v) is 15.6. The van der Waals surface area contributed by atoms with Crippen LogP contribution in [0, 0.1) is 0 Å². The molecular weight excluding hydrogens is 859 g/mol. The van der Waals surface area contributed by atoms with E-state index in [0.717, 1.165) is 47.1 Å². The minimum atomic E-state index is -0.0919. The molecule has 0 spiro atoms. The molecule has 338 valence electrons. The van der Waals surface area contributed by atoms with Gasteiger partial charge in [0.15, 0.2) is 0 Å². The van der Waals surface area contributed by atoms with Gasteiger partial charge in [-0.3, -0.25) is 0 Å². The summed E-state index contributed by atoms with van der Waals surface area (Å²) in [5.74, 6) is 0. The maximum Gasteiger partial charge on any atom is 0.0703 e. The highest BCUT2D eigenvalue weighted by Gasteiger charge is 2.36. The number of fused-ring (bicyclic) bond motifs is 10. The second kappa shape index (κ2) is 16.2. The van der Waals surface area contributed by atoms with Crippen LogP contribution in [-0.2, 0) is 11.8 Å². The normalized spacial score (nSPS) is 14.4. The molecule has 3 aliphatic rings. The molecule has 0 amide bonds. The van der Waals surface area contributed by atoms with E-state index in [1.165, 1.54) is 100 Å². The molecule has 0 saturated carbocycles. The van der Waals surface area contributed by atoms with Gasteiger partial charge in [0.05, 0.1) is 22.7 Å². The molecule has 0 N–H and O–H groups in total. The van der Waals surface area contributed by atoms with Gasteiger partial charge in [0, 0.05) is 34.7 Å². The summed E-state index contributed by atoms with van der Waals surface area (Å²) in [6, 6.07) is 83.3. The Kier molecular flexibility index (Phi) is 9.44. The van der Waals surface area contributed by atoms with Gasteiger partial charge < -0.3 is 14.7 Å². The third-order valence-electron chi connectivity index (χ3n) is 15.6. The van der Waals surface area contributed by atoms with E-state index < -0.39 is 0 Å². The van der Waals surface area contributed by atoms with Crippen molar-refractivity contribution in [2.45, 2.75) is 32.1 Å². The molecule has 0 radical (unpaired) electrons. The van der Waals surface area contributed by atoms with E-state index in [2.05, 4.69) is 265 Å². The number of hydrogen-bond acceptors (Lipinski definition) is 3. The van der Waals surface area contributed by atoms with Crippen molar-refractivity contribution in [3.63, 3.8) is 0 Å². The zero-order valence-electron chi connectivity index (χ0n) is 40.0. The topological polar surface area (TPSA) is 9.72 Å². The highest BCUT2D eigenvalue weighted by atomic mass is 15.3. The zero-order valence-corrected chi connectivity index (χ0v) is 40.0. The van der Waals surface area contributed by atoms with Crippen LogP contribution in [0.3, 0.4) is 0 Å². The van der Waals surface area contributed by atoms with E-state index in [1.54, 1.807) is 0 Å². The molecule has 14 rings (SSSR count). The average Bonchev–Trinajstić information content (AvgIpc) is 3.65. The largest absolute Gasteiger partial charge is 0.341 e. The first-order valence-electron chi connectivity index (χ1n) is 25.1. The first-order chi connectivity index (χ1) is 34.9. The number of nitrogens with zero attached hydrogens (tertiary/aromatic N) is 3. The van der Waals surface area contributed by atoms with Crippen molar-refractivity contribution < 1.29 is 0 Å². The lowest BCUT2D eigenvalue weighted by atomic mass is 9.81. The van der Waals surface area contributed by atoms with Gasteiger partial charge >= 0.3 is 0 Å². The van der Waals surface area contributed by atoms with Gasteiger partial charge in [-0.15, -0.1) is 0 Å². The molecule has 11 aromatic carbocycles. The average molecular weight is 910 g/mol. The van der Waals surface area contributed by atoms with E-state index in [0.29, 0.717) is 0 Å². The second-order valence-corrected chi connectivity index (χ2v) is 20.1. The SMILES string of the molecule is CC1(C)c2cc(/C=C/c3ccc4cc(-c5ccc6c(ccc7cc(N8c9ccccc9N(c9ccccc9)c9ccccc98)ccc76)c5)ccc4c3)ccc2-c2ccc(N3CCCc4ccccc43)cc21. The molecular formula is C68H51N3. The van der Waals surface area contributed by atoms with Gasteiger partial charge in [0.1, 0.15) is 0 Å². The smallest absolute Gasteiger partial charge is 0.0703 e. The number of para-hydroxylation sites is 6. The summed E-state index contributed by atoms with van der Waals surface area (Å²) in [7, 11) is 0. The molecule has 2 heterocycles. The van der Waals surface area contributed by atoms with Crippen LogP contribution in [0.1, 0.15) is 48.1 Å². The number of benzene rings is 11. The van der Waals surface area contributed by atoms with Crippen molar-refractivity contribution >= 4 is 90.0 Å². The van der Waals surface area contributed by atoms with Crippen LogP contribution in [0.5, 0.6) is 0 Å². The molecule has 3 heteroatoms. The lowest BCUT2D eigenvalue weighted by Crippen LogP contribution is -2.25. The lowest BCUT2D eigenvalue weighted by Gasteiger charge is -2.40. The fourth-order valence-electron chi connectivity index (χ4n) is 12.0. The number of aryl methyl sites for hydroxylation is 1. The van der Waals surface area contributed by atoms with E-state index >= 15 is 0 Å². The van der Waals surface area contributed by atoms with Crippen molar-refractivity contribution in [2.75, 3.05) is 21.2 Å². The van der Waals surface area contributed by atoms with E-state index in [-0.39, 0.29) is 5.41 Å². The van der Waals surface area contributed by atoms with Gasteiger partial charge in [-0.25, -0.2) is 0 Å². The lowest BCUT2D eigenvalue weighted by molar-refractivity contribution is 0.659. The van der Waals surface area contributed by atoms with Crippen LogP contribution in [0.2, 0.25) is 0 Å². The summed E-state index contributed by atoms with van der Waals surface area (Å²) in [4.78, 5) is 7.30. The van der Waals surface area contributed by atoms with Crippen molar-refractivity contribution in [2.24, 2.45) is 0 Å². The Morgan fingerprint density at radius 2 is 0.887 bits per heavy atom. The molecule has 71 heavy (non-hydrogen) atoms. The van der Waals surface area contributed by atoms with Crippen LogP contribution in [0.15, 0.2) is 224 Å². The van der Waals surface area contributed by atoms with Gasteiger partial charge in [-0.1, -0.05) is 166 Å². The summed E-state index contributed by atoms with van der Waals surface area (Å²) >= 11 is 0. The van der Waals surface area contributed by atoms with Crippen molar-refractivity contribution in [1.29, 1.82) is 0 Å². The molecule has 0 bridgehead atoms. The number of rotatable bonds is 6. The predicted octanol–water partition coefficient (Wildman–Crippen LogP) is 18.6. The standard InChI is InChI=1S/C68H51N3/c1-68(2)61-40-46(25-34-59(61)60-37-32-55(44-62(60)68)69-38-12-14-47-13-6-7-17-63(47)69)23-22-45-24-26-49-41-50(28-27-48(49)39-45)51-31-35-57-52(42-51)29-30-53-43-56(33-36-58(53)57)71-66-20-10-8-18-64(66)70(54-15-4-3-5-16-54)65-19-9-11-21-67(65)71/h3-11,13,15-37,39-44H,12,14,38H2,1-2H3/b23-22+. The van der Waals surface area contributed by atoms with Gasteiger partial charge in [0.25, 0.3) is 0 Å². The fraction of sp³-hybridized carbons (Fsp3) is 0.0882. The second-order valence-electron chi connectivity index (χ2n) is 20.1. The summed E-state index contributed by atoms with van der Waals surface area (Å²) in [6.07, 6.45) is 6.87. The van der Waals surface area contributed by atoms with Crippen molar-refractivity contribution in [3.05, 3.63) is 252 Å². The fourth-order valence-corrected chi connectivity index (χ4v) is 12.0. The van der Waals surface area contributed by atoms with E-state index in [9.17, 15) is 0 Å². The Morgan fingerprint density at radius 1 is 0.380 bits per heavy atom. The minimum Gasteiger partial charge on any atom is -0.341 e. The Hall–Kier alpha value is -8.66. The first kappa shape index (κ1) is 41.3. The van der Waals surface area contributed by atoms with Crippen LogP contribution in [-0.4, -0.2) is 6.54 Å². The number of hydrogen-bond donors (Lipinski definition) is 0. The van der Waals surface area contributed by atoms with Crippen molar-refractivity contribution in [1.82, 2.24) is 0 Å². The maximum absolute atomic E-state index is 2.52. The summed E-state index contributed by atoms with van der Waals surface area (Å²) in [6.45, 7) is 5.83. The van der Waals surface area contributed by atoms with Crippen molar-refractivity contribution in [3.8, 4) is 22.3 Å². The number of anilines is 8. The molecule has 0 saturated heterocycles. The highest BCUT2D eigenvalue weighted by Crippen LogP contribution is 2.55. The van der Waals surface area contributed by atoms with Crippen LogP contribution in [0.4, 0.5) is 45.5 Å². The monoisotopic (exact) mass is 909 g/mol. The van der Waals surface area contributed by atoms with Crippen LogP contribution >= 0.6 is 0 Å². The quantitative estimate of drug-likeness (QED) is 0.122. The molecule has 0 aromatic heterocycles. The Bertz CT molecular complexity index is 3930. The highest BCUT2D eigenvalue weighted by molar-refractivity contribution is 6.11. The first-order valence-corrected chi connectivity index (χ1v) is 25.1. The molecule has 3 nitrogen and oxygen atoms in total. The van der Waals surface area contributed by atoms with Gasteiger partial charge in [0.2, 0.25) is 0 Å². The Balaban J connectivity index is 0.715. The van der Waals surface area contributed by atoms with Crippen LogP contribution < -0.4 is 14.7 Å². The molecule has 0 atom stereocenters. The summed E-state index contributed by atoms with van der Waals surface area (Å²) in [5.41, 5.74) is 21.3. The van der Waals surface area contributed by atoms with Gasteiger partial charge in [-0.05, 0) is 180 Å². The van der Waals surface area contributed by atoms with Crippen LogP contribution in [0.25, 0.3) is 66.7 Å². The molecule has 11 aromatic rings. The van der Waals surface area contributed by atoms with E-state index in [1.807, 2.05) is 0 Å². The molecule has 0 fully saturated rings. The summed E-state index contributed by atoms with van der Waals surface area (Å²) < 4.78 is 0. The third kappa shape index (κ3) is 6.79. The van der Waals surface area contributed by atoms with E-state index in [4.69, 9.17) is 0 Å². The maximum atomic E-state index is 2.52. The van der Waals surface area contributed by atoms with Gasteiger partial charge in [-0.2, -0.15) is 0 Å². The molecule has 0 unspecified atom stereocenters. The Labute approximate surface area is 415 Å². The Morgan fingerprint density at radius 3 is 1.62 bits per heavy atom. The summed E-state index contributed by atoms with van der Waals surface area (Å²) in [5, 5.41) is 7.45. The zero-order chi connectivity index (χ0) is 47.2. The molecule has 2 aliphatic heterocycles.